The van der Waals surface area contributed by atoms with Gasteiger partial charge in [0, 0.05) is 31.6 Å². The van der Waals surface area contributed by atoms with Gasteiger partial charge >= 0.3 is 12.1 Å². The van der Waals surface area contributed by atoms with Gasteiger partial charge in [-0.05, 0) is 47.1 Å². The van der Waals surface area contributed by atoms with E-state index in [1.165, 1.54) is 28.5 Å². The smallest absolute Gasteiger partial charge is 0.434 e. The van der Waals surface area contributed by atoms with Crippen LogP contribution in [0.5, 0.6) is 0 Å². The van der Waals surface area contributed by atoms with Crippen LogP contribution in [-0.2, 0) is 21.3 Å². The predicted molar refractivity (Wildman–Crippen MR) is 147 cm³/mol. The van der Waals surface area contributed by atoms with Crippen LogP contribution in [0.25, 0.3) is 10.9 Å². The van der Waals surface area contributed by atoms with Crippen molar-refractivity contribution in [1.29, 1.82) is 0 Å². The highest BCUT2D eigenvalue weighted by Gasteiger charge is 2.32. The zero-order valence-electron chi connectivity index (χ0n) is 22.7. The van der Waals surface area contributed by atoms with E-state index in [2.05, 4.69) is 54.3 Å². The summed E-state index contributed by atoms with van der Waals surface area (Å²) >= 11 is 0. The summed E-state index contributed by atoms with van der Waals surface area (Å²) in [6.45, 7) is 11.3. The van der Waals surface area contributed by atoms with Crippen LogP contribution in [0.15, 0.2) is 42.6 Å². The Labute approximate surface area is 223 Å². The van der Waals surface area contributed by atoms with Gasteiger partial charge in [0.25, 0.3) is 0 Å². The molecule has 0 saturated carbocycles. The van der Waals surface area contributed by atoms with Gasteiger partial charge in [-0.15, -0.1) is 0 Å². The van der Waals surface area contributed by atoms with Gasteiger partial charge in [-0.25, -0.2) is 9.59 Å². The minimum absolute atomic E-state index is 0.00273. The van der Waals surface area contributed by atoms with Crippen molar-refractivity contribution in [2.75, 3.05) is 51.8 Å². The third-order valence-electron chi connectivity index (χ3n) is 7.66. The molecule has 0 bridgehead atoms. The van der Waals surface area contributed by atoms with Crippen LogP contribution < -0.4 is 5.32 Å². The van der Waals surface area contributed by atoms with Crippen molar-refractivity contribution in [3.63, 3.8) is 0 Å². The zero-order valence-corrected chi connectivity index (χ0v) is 22.7. The summed E-state index contributed by atoms with van der Waals surface area (Å²) in [6, 6.07) is 12.0. The molecule has 2 aliphatic rings. The first kappa shape index (κ1) is 26.2. The van der Waals surface area contributed by atoms with Gasteiger partial charge in [0.2, 0.25) is 0 Å². The molecule has 0 radical (unpaired) electrons. The van der Waals surface area contributed by atoms with E-state index in [4.69, 9.17) is 9.47 Å². The number of aromatic nitrogens is 2. The molecule has 1 saturated heterocycles. The lowest BCUT2D eigenvalue weighted by atomic mass is 9.85. The summed E-state index contributed by atoms with van der Waals surface area (Å²) in [7, 11) is 1.32. The van der Waals surface area contributed by atoms with E-state index in [-0.39, 0.29) is 17.5 Å². The Morgan fingerprint density at radius 3 is 2.71 bits per heavy atom. The van der Waals surface area contributed by atoms with Gasteiger partial charge in [0.1, 0.15) is 0 Å². The average molecular weight is 520 g/mol. The molecule has 2 aromatic carbocycles. The van der Waals surface area contributed by atoms with Crippen LogP contribution in [0.1, 0.15) is 49.9 Å². The number of benzene rings is 2. The topological polar surface area (TPSA) is 88.9 Å². The summed E-state index contributed by atoms with van der Waals surface area (Å²) in [4.78, 5) is 30.3. The molecule has 2 heterocycles. The number of aryl methyl sites for hydroxylation is 1. The van der Waals surface area contributed by atoms with Crippen LogP contribution in [0.3, 0.4) is 0 Å². The summed E-state index contributed by atoms with van der Waals surface area (Å²) in [5, 5.41) is 7.98. The van der Waals surface area contributed by atoms with Crippen LogP contribution in [0.2, 0.25) is 0 Å². The molecule has 5 rings (SSSR count). The first-order valence-electron chi connectivity index (χ1n) is 13.3. The number of fused-ring (bicyclic) bond motifs is 2. The maximum absolute atomic E-state index is 13.9. The Bertz CT molecular complexity index is 1320. The molecule has 0 unspecified atom stereocenters. The maximum Gasteiger partial charge on any atom is 0.434 e. The van der Waals surface area contributed by atoms with Crippen molar-refractivity contribution in [2.24, 2.45) is 0 Å². The van der Waals surface area contributed by atoms with Crippen LogP contribution in [0.4, 0.5) is 15.3 Å². The van der Waals surface area contributed by atoms with Crippen LogP contribution in [0, 0.1) is 0 Å². The number of nitrogens with one attached hydrogen (secondary N) is 1. The van der Waals surface area contributed by atoms with Crippen LogP contribution >= 0.6 is 0 Å². The maximum atomic E-state index is 13.9. The molecule has 1 aliphatic heterocycles. The zero-order chi connectivity index (χ0) is 26.9. The highest BCUT2D eigenvalue weighted by atomic mass is 16.5. The van der Waals surface area contributed by atoms with Crippen molar-refractivity contribution in [2.45, 2.75) is 45.1 Å². The Morgan fingerprint density at radius 1 is 1.18 bits per heavy atom. The number of rotatable bonds is 5. The number of amides is 2. The third kappa shape index (κ3) is 5.26. The molecule has 0 spiro atoms. The first-order chi connectivity index (χ1) is 18.3. The van der Waals surface area contributed by atoms with Gasteiger partial charge in [-0.2, -0.15) is 9.78 Å². The Hall–Kier alpha value is -3.43. The average Bonchev–Trinajstić information content (AvgIpc) is 3.53. The van der Waals surface area contributed by atoms with Crippen LogP contribution in [-0.4, -0.2) is 78.2 Å². The van der Waals surface area contributed by atoms with Crippen molar-refractivity contribution in [3.05, 3.63) is 59.3 Å². The van der Waals surface area contributed by atoms with E-state index in [0.717, 1.165) is 45.7 Å². The SMILES string of the molecule is COC(=O)n1ncc2c(NC(=O)N(CCN3CCOCC3)[C@@H]3CCc4cc(C(C)(C)C)ccc43)cccc21. The van der Waals surface area contributed by atoms with Crippen molar-refractivity contribution in [1.82, 2.24) is 19.6 Å². The van der Waals surface area contributed by atoms with Gasteiger partial charge in [0.15, 0.2) is 0 Å². The lowest BCUT2D eigenvalue weighted by molar-refractivity contribution is 0.0336. The first-order valence-corrected chi connectivity index (χ1v) is 13.3. The number of hydrogen-bond donors (Lipinski definition) is 1. The molecule has 1 atom stereocenters. The molecule has 9 nitrogen and oxygen atoms in total. The van der Waals surface area contributed by atoms with E-state index >= 15 is 0 Å². The van der Waals surface area contributed by atoms with E-state index in [9.17, 15) is 9.59 Å². The number of carbonyl (C=O) groups excluding carboxylic acids is 2. The number of carbonyl (C=O) groups is 2. The second-order valence-electron chi connectivity index (χ2n) is 11.1. The number of anilines is 1. The molecule has 3 aromatic rings. The number of hydrogen-bond acceptors (Lipinski definition) is 6. The van der Waals surface area contributed by atoms with E-state index in [0.29, 0.717) is 23.1 Å². The second-order valence-corrected chi connectivity index (χ2v) is 11.1. The number of ether oxygens (including phenoxy) is 2. The highest BCUT2D eigenvalue weighted by molar-refractivity contribution is 6.02. The van der Waals surface area contributed by atoms with E-state index in [1.54, 1.807) is 18.3 Å². The quantitative estimate of drug-likeness (QED) is 0.521. The molecule has 202 valence electrons. The number of morpholine rings is 1. The summed E-state index contributed by atoms with van der Waals surface area (Å²) in [6.07, 6.45) is 2.85. The molecule has 1 aliphatic carbocycles. The van der Waals surface area contributed by atoms with E-state index in [1.807, 2.05) is 11.0 Å². The molecule has 9 heteroatoms. The molecule has 1 aromatic heterocycles. The van der Waals surface area contributed by atoms with Gasteiger partial charge in [-0.1, -0.05) is 45.0 Å². The Balaban J connectivity index is 1.42. The van der Waals surface area contributed by atoms with Crippen molar-refractivity contribution in [3.8, 4) is 0 Å². The molecule has 2 amide bonds. The standard InChI is InChI=1S/C29H37N5O4/c1-29(2,3)21-9-10-22-20(18-21)8-11-25(22)33(13-12-32-14-16-38-17-15-32)27(35)31-24-6-5-7-26-23(24)19-30-34(26)28(36)37-4/h5-7,9-10,18-19,25H,8,11-17H2,1-4H3,(H,31,35)/t25-/m1/s1. The van der Waals surface area contributed by atoms with E-state index < -0.39 is 6.09 Å². The Morgan fingerprint density at radius 2 is 1.97 bits per heavy atom. The van der Waals surface area contributed by atoms with Gasteiger partial charge in [0.05, 0.1) is 43.8 Å². The normalized spacial score (nSPS) is 17.8. The summed E-state index contributed by atoms with van der Waals surface area (Å²) in [5.74, 6) is 0. The minimum Gasteiger partial charge on any atom is -0.451 e. The van der Waals surface area contributed by atoms with Crippen molar-refractivity contribution >= 4 is 28.7 Å². The largest absolute Gasteiger partial charge is 0.451 e. The molecule has 1 N–H and O–H groups in total. The van der Waals surface area contributed by atoms with Gasteiger partial charge in [-0.3, -0.25) is 4.90 Å². The fourth-order valence-electron chi connectivity index (χ4n) is 5.44. The lowest BCUT2D eigenvalue weighted by Gasteiger charge is -2.34. The number of nitrogens with zero attached hydrogens (tertiary/aromatic N) is 4. The lowest BCUT2D eigenvalue weighted by Crippen LogP contribution is -2.45. The molecular formula is C29H37N5O4. The number of urea groups is 1. The minimum atomic E-state index is -0.576. The molecule has 38 heavy (non-hydrogen) atoms. The monoisotopic (exact) mass is 519 g/mol. The van der Waals surface area contributed by atoms with Crippen molar-refractivity contribution < 1.29 is 19.1 Å². The molecular weight excluding hydrogens is 482 g/mol. The third-order valence-corrected chi connectivity index (χ3v) is 7.66. The highest BCUT2D eigenvalue weighted by Crippen LogP contribution is 2.38. The second kappa shape index (κ2) is 10.7. The predicted octanol–water partition coefficient (Wildman–Crippen LogP) is 4.80. The fraction of sp³-hybridized carbons (Fsp3) is 0.483. The molecule has 1 fully saturated rings. The summed E-state index contributed by atoms with van der Waals surface area (Å²) < 4.78 is 11.5. The van der Waals surface area contributed by atoms with Gasteiger partial charge < -0.3 is 19.7 Å². The fourth-order valence-corrected chi connectivity index (χ4v) is 5.44. The summed E-state index contributed by atoms with van der Waals surface area (Å²) in [5.41, 5.74) is 5.14. The Kier molecular flexibility index (Phi) is 7.40. The number of methoxy groups -OCH3 is 1.